The molecule has 9 nitrogen and oxygen atoms in total. The number of esters is 1. The minimum absolute atomic E-state index is 0.171. The highest BCUT2D eigenvalue weighted by molar-refractivity contribution is 9.10. The van der Waals surface area contributed by atoms with Crippen molar-refractivity contribution in [1.82, 2.24) is 4.57 Å². The molecule has 12 heteroatoms. The zero-order chi connectivity index (χ0) is 33.7. The van der Waals surface area contributed by atoms with E-state index in [1.165, 1.54) is 15.9 Å². The second-order valence-corrected chi connectivity index (χ2v) is 12.8. The third kappa shape index (κ3) is 7.27. The molecule has 1 aliphatic heterocycles. The summed E-state index contributed by atoms with van der Waals surface area (Å²) in [5, 5.41) is 0.648. The van der Waals surface area contributed by atoms with Gasteiger partial charge in [0.25, 0.3) is 5.56 Å². The van der Waals surface area contributed by atoms with Crippen LogP contribution in [0.4, 0.5) is 0 Å². The molecule has 0 spiro atoms. The number of hydrogen-bond acceptors (Lipinski definition) is 9. The molecule has 0 amide bonds. The quantitative estimate of drug-likeness (QED) is 0.151. The first-order valence-corrected chi connectivity index (χ1v) is 16.9. The number of thiazole rings is 1. The summed E-state index contributed by atoms with van der Waals surface area (Å²) in [5.74, 6) is 1.52. The Hall–Kier alpha value is -4.06. The van der Waals surface area contributed by atoms with E-state index in [-0.39, 0.29) is 12.2 Å². The van der Waals surface area contributed by atoms with E-state index in [1.807, 2.05) is 25.1 Å². The van der Waals surface area contributed by atoms with E-state index in [0.29, 0.717) is 77.3 Å². The molecule has 1 atom stereocenters. The lowest BCUT2D eigenvalue weighted by Gasteiger charge is -2.27. The number of carbonyl (C=O) groups is 1. The number of methoxy groups -OCH3 is 3. The van der Waals surface area contributed by atoms with Gasteiger partial charge in [0.2, 0.25) is 0 Å². The third-order valence-corrected chi connectivity index (χ3v) is 9.29. The number of ether oxygens (including phenoxy) is 5. The van der Waals surface area contributed by atoms with Gasteiger partial charge in [-0.05, 0) is 88.9 Å². The van der Waals surface area contributed by atoms with Gasteiger partial charge in [-0.2, -0.15) is 0 Å². The predicted molar refractivity (Wildman–Crippen MR) is 186 cm³/mol. The Balaban J connectivity index is 1.65. The third-order valence-electron chi connectivity index (χ3n) is 7.47. The van der Waals surface area contributed by atoms with Crippen LogP contribution in [0, 0.1) is 0 Å². The van der Waals surface area contributed by atoms with Gasteiger partial charge in [0, 0.05) is 10.6 Å². The molecule has 4 aromatic rings. The predicted octanol–water partition coefficient (Wildman–Crippen LogP) is 6.60. The molecule has 2 heterocycles. The Kier molecular flexibility index (Phi) is 11.1. The fraction of sp³-hybridized carbons (Fsp3) is 0.286. The highest BCUT2D eigenvalue weighted by Gasteiger charge is 2.36. The van der Waals surface area contributed by atoms with Crippen LogP contribution in [0.5, 0.6) is 23.0 Å². The smallest absolute Gasteiger partial charge is 0.338 e. The molecule has 0 unspecified atom stereocenters. The lowest BCUT2D eigenvalue weighted by atomic mass is 9.93. The zero-order valence-corrected chi connectivity index (χ0v) is 29.8. The van der Waals surface area contributed by atoms with Crippen LogP contribution in [-0.4, -0.2) is 38.5 Å². The van der Waals surface area contributed by atoms with Gasteiger partial charge in [-0.15, -0.1) is 0 Å². The van der Waals surface area contributed by atoms with Crippen LogP contribution in [0.25, 0.3) is 6.08 Å². The summed E-state index contributed by atoms with van der Waals surface area (Å²) in [6.07, 6.45) is 3.02. The highest BCUT2D eigenvalue weighted by Crippen LogP contribution is 2.39. The number of carbonyl (C=O) groups excluding carboxylic acids is 1. The molecule has 0 bridgehead atoms. The van der Waals surface area contributed by atoms with E-state index in [1.54, 1.807) is 70.7 Å². The molecule has 0 radical (unpaired) electrons. The van der Waals surface area contributed by atoms with Gasteiger partial charge in [-0.25, -0.2) is 9.79 Å². The first-order valence-electron chi connectivity index (χ1n) is 14.9. The van der Waals surface area contributed by atoms with E-state index in [9.17, 15) is 9.59 Å². The number of halogens is 2. The second-order valence-electron chi connectivity index (χ2n) is 10.5. The van der Waals surface area contributed by atoms with Gasteiger partial charge < -0.3 is 23.7 Å². The molecule has 3 aromatic carbocycles. The van der Waals surface area contributed by atoms with E-state index in [0.717, 1.165) is 12.0 Å². The second kappa shape index (κ2) is 15.2. The van der Waals surface area contributed by atoms with Gasteiger partial charge in [-0.1, -0.05) is 48.4 Å². The lowest BCUT2D eigenvalue weighted by Crippen LogP contribution is -2.40. The Morgan fingerprint density at radius 2 is 1.77 bits per heavy atom. The van der Waals surface area contributed by atoms with E-state index < -0.39 is 12.0 Å². The van der Waals surface area contributed by atoms with Crippen molar-refractivity contribution < 1.29 is 28.5 Å². The maximum atomic E-state index is 14.3. The molecular weight excluding hydrogens is 708 g/mol. The number of nitrogens with zero attached hydrogens (tertiary/aromatic N) is 2. The normalized spacial score (nSPS) is 14.4. The molecule has 0 fully saturated rings. The van der Waals surface area contributed by atoms with Crippen LogP contribution in [0.2, 0.25) is 5.02 Å². The van der Waals surface area contributed by atoms with Crippen molar-refractivity contribution in [2.75, 3.05) is 27.9 Å². The van der Waals surface area contributed by atoms with E-state index >= 15 is 0 Å². The number of hydrogen-bond donors (Lipinski definition) is 0. The van der Waals surface area contributed by atoms with Gasteiger partial charge >= 0.3 is 5.97 Å². The summed E-state index contributed by atoms with van der Waals surface area (Å²) in [6.45, 7) is 4.23. The van der Waals surface area contributed by atoms with Crippen LogP contribution in [-0.2, 0) is 16.1 Å². The monoisotopic (exact) mass is 740 g/mol. The van der Waals surface area contributed by atoms with Gasteiger partial charge in [0.15, 0.2) is 16.3 Å². The van der Waals surface area contributed by atoms with Gasteiger partial charge in [-0.3, -0.25) is 9.36 Å². The van der Waals surface area contributed by atoms with Crippen molar-refractivity contribution in [3.8, 4) is 23.0 Å². The van der Waals surface area contributed by atoms with Crippen molar-refractivity contribution in [3.63, 3.8) is 0 Å². The first kappa shape index (κ1) is 34.3. The van der Waals surface area contributed by atoms with Crippen molar-refractivity contribution in [1.29, 1.82) is 0 Å². The molecule has 246 valence electrons. The Bertz CT molecular complexity index is 2000. The summed E-state index contributed by atoms with van der Waals surface area (Å²) in [5.41, 5.74) is 2.77. The van der Waals surface area contributed by atoms with Crippen LogP contribution >= 0.6 is 38.9 Å². The molecule has 0 N–H and O–H groups in total. The fourth-order valence-corrected chi connectivity index (χ4v) is 7.04. The summed E-state index contributed by atoms with van der Waals surface area (Å²) < 4.78 is 31.1. The van der Waals surface area contributed by atoms with Crippen LogP contribution in [0.1, 0.15) is 49.4 Å². The molecule has 0 aliphatic carbocycles. The van der Waals surface area contributed by atoms with Gasteiger partial charge in [0.05, 0.1) is 48.2 Å². The minimum Gasteiger partial charge on any atom is -0.497 e. The molecule has 5 rings (SSSR count). The number of rotatable bonds is 12. The highest BCUT2D eigenvalue weighted by atomic mass is 79.9. The van der Waals surface area contributed by atoms with Crippen LogP contribution < -0.4 is 33.8 Å². The Morgan fingerprint density at radius 1 is 1.02 bits per heavy atom. The SMILES string of the molecule is CCCC1=C(C(=O)OCC)[C@@H](c2cc(OC)ccc2OC)n2c(s/c(=C\c3cc(Br)c(OCc4ccc(Cl)cc4)c(OC)c3)c2=O)=N1. The molecule has 0 saturated heterocycles. The van der Waals surface area contributed by atoms with E-state index in [4.69, 9.17) is 40.3 Å². The lowest BCUT2D eigenvalue weighted by molar-refractivity contribution is -0.139. The van der Waals surface area contributed by atoms with Crippen LogP contribution in [0.15, 0.2) is 80.1 Å². The Labute approximate surface area is 289 Å². The first-order chi connectivity index (χ1) is 22.7. The Morgan fingerprint density at radius 3 is 2.43 bits per heavy atom. The van der Waals surface area contributed by atoms with Crippen LogP contribution in [0.3, 0.4) is 0 Å². The number of aromatic nitrogens is 1. The minimum atomic E-state index is -0.857. The number of allylic oxidation sites excluding steroid dienone is 1. The van der Waals surface area contributed by atoms with Gasteiger partial charge in [0.1, 0.15) is 24.1 Å². The molecule has 1 aromatic heterocycles. The summed E-state index contributed by atoms with van der Waals surface area (Å²) in [7, 11) is 4.66. The largest absolute Gasteiger partial charge is 0.497 e. The standard InChI is InChI=1S/C35H34BrClN2O7S/c1-6-8-26-30(34(41)45-7-2)31(24-18-23(42-3)13-14-27(24)43-4)39-33(40)29(47-35(39)38-26)17-21-15-25(36)32(28(16-21)44-5)46-19-20-9-11-22(37)12-10-20/h9-18,31H,6-8,19H2,1-5H3/b29-17-/t31-/m1/s1. The number of benzene rings is 3. The maximum absolute atomic E-state index is 14.3. The zero-order valence-electron chi connectivity index (χ0n) is 26.6. The van der Waals surface area contributed by atoms with Crippen molar-refractivity contribution in [2.24, 2.45) is 4.99 Å². The fourth-order valence-electron chi connectivity index (χ4n) is 5.32. The van der Waals surface area contributed by atoms with E-state index in [2.05, 4.69) is 15.9 Å². The molecular formula is C35H34BrClN2O7S. The molecule has 47 heavy (non-hydrogen) atoms. The number of fused-ring (bicyclic) bond motifs is 1. The summed E-state index contributed by atoms with van der Waals surface area (Å²) >= 11 is 10.9. The average Bonchev–Trinajstić information content (AvgIpc) is 3.37. The molecule has 1 aliphatic rings. The summed E-state index contributed by atoms with van der Waals surface area (Å²) in [6, 6.07) is 15.5. The summed E-state index contributed by atoms with van der Waals surface area (Å²) in [4.78, 5) is 33.2. The topological polar surface area (TPSA) is 97.6 Å². The molecule has 0 saturated carbocycles. The van der Waals surface area contributed by atoms with Crippen molar-refractivity contribution in [3.05, 3.63) is 112 Å². The van der Waals surface area contributed by atoms with Crippen molar-refractivity contribution >= 4 is 50.9 Å². The van der Waals surface area contributed by atoms with Crippen molar-refractivity contribution in [2.45, 2.75) is 39.3 Å². The average molecular weight is 742 g/mol. The maximum Gasteiger partial charge on any atom is 0.338 e.